The van der Waals surface area contributed by atoms with Crippen molar-refractivity contribution < 1.29 is 0 Å². The number of nitrogens with two attached hydrogens (primary N) is 1. The third kappa shape index (κ3) is 4.86. The maximum absolute atomic E-state index is 5.08. The highest BCUT2D eigenvalue weighted by atomic mass is 15.3. The van der Waals surface area contributed by atoms with Gasteiger partial charge in [-0.2, -0.15) is 5.11 Å². The summed E-state index contributed by atoms with van der Waals surface area (Å²) < 4.78 is 0. The van der Waals surface area contributed by atoms with Crippen LogP contribution in [0.3, 0.4) is 0 Å². The topological polar surface area (TPSA) is 50.7 Å². The predicted octanol–water partition coefficient (Wildman–Crippen LogP) is 3.21. The van der Waals surface area contributed by atoms with Gasteiger partial charge in [-0.3, -0.25) is 0 Å². The SMILES string of the molecule is NN=NC1CCCCCCCCC1. The monoisotopic (exact) mass is 183 g/mol. The Kier molecular flexibility index (Phi) is 5.54. The summed E-state index contributed by atoms with van der Waals surface area (Å²) in [6, 6.07) is 0.406. The molecule has 3 heteroatoms. The van der Waals surface area contributed by atoms with E-state index in [9.17, 15) is 0 Å². The normalized spacial score (nSPS) is 23.4. The van der Waals surface area contributed by atoms with Gasteiger partial charge < -0.3 is 5.84 Å². The van der Waals surface area contributed by atoms with Gasteiger partial charge in [0, 0.05) is 0 Å². The molecule has 1 aliphatic rings. The van der Waals surface area contributed by atoms with E-state index in [4.69, 9.17) is 5.84 Å². The minimum Gasteiger partial charge on any atom is -0.305 e. The van der Waals surface area contributed by atoms with Gasteiger partial charge in [0.15, 0.2) is 0 Å². The van der Waals surface area contributed by atoms with Crippen molar-refractivity contribution >= 4 is 0 Å². The second kappa shape index (κ2) is 6.87. The number of rotatable bonds is 1. The highest BCUT2D eigenvalue weighted by Gasteiger charge is 2.08. The van der Waals surface area contributed by atoms with Crippen molar-refractivity contribution in [1.29, 1.82) is 0 Å². The summed E-state index contributed by atoms with van der Waals surface area (Å²) in [6.45, 7) is 0. The molecule has 1 saturated carbocycles. The maximum atomic E-state index is 5.08. The average Bonchev–Trinajstić information content (AvgIpc) is 2.16. The molecular formula is C10H21N3. The first-order chi connectivity index (χ1) is 6.43. The van der Waals surface area contributed by atoms with Crippen LogP contribution in [0.15, 0.2) is 10.3 Å². The second-order valence-electron chi connectivity index (χ2n) is 3.94. The molecule has 76 valence electrons. The molecule has 0 heterocycles. The van der Waals surface area contributed by atoms with Gasteiger partial charge in [0.05, 0.1) is 6.04 Å². The van der Waals surface area contributed by atoms with Crippen molar-refractivity contribution in [2.45, 2.75) is 63.8 Å². The predicted molar refractivity (Wildman–Crippen MR) is 54.4 cm³/mol. The lowest BCUT2D eigenvalue weighted by Gasteiger charge is -2.12. The first-order valence-corrected chi connectivity index (χ1v) is 5.53. The molecule has 3 nitrogen and oxygen atoms in total. The highest BCUT2D eigenvalue weighted by molar-refractivity contribution is 4.66. The summed E-state index contributed by atoms with van der Waals surface area (Å²) in [4.78, 5) is 0. The Balaban J connectivity index is 2.26. The van der Waals surface area contributed by atoms with Crippen LogP contribution in [0.25, 0.3) is 0 Å². The summed E-state index contributed by atoms with van der Waals surface area (Å²) in [6.07, 6.45) is 11.9. The van der Waals surface area contributed by atoms with Gasteiger partial charge in [0.25, 0.3) is 0 Å². The molecule has 0 atom stereocenters. The van der Waals surface area contributed by atoms with Crippen LogP contribution in [0, 0.1) is 0 Å². The molecule has 13 heavy (non-hydrogen) atoms. The fraction of sp³-hybridized carbons (Fsp3) is 1.00. The van der Waals surface area contributed by atoms with Crippen LogP contribution in [0.1, 0.15) is 57.8 Å². The summed E-state index contributed by atoms with van der Waals surface area (Å²) in [5, 5.41) is 7.47. The van der Waals surface area contributed by atoms with Crippen LogP contribution in [-0.2, 0) is 0 Å². The van der Waals surface area contributed by atoms with E-state index in [1.165, 1.54) is 57.8 Å². The van der Waals surface area contributed by atoms with Crippen LogP contribution in [0.4, 0.5) is 0 Å². The van der Waals surface area contributed by atoms with Crippen LogP contribution in [0.5, 0.6) is 0 Å². The number of nitrogens with zero attached hydrogens (tertiary/aromatic N) is 2. The summed E-state index contributed by atoms with van der Waals surface area (Å²) >= 11 is 0. The van der Waals surface area contributed by atoms with Crippen LogP contribution in [-0.4, -0.2) is 6.04 Å². The van der Waals surface area contributed by atoms with Crippen molar-refractivity contribution in [2.75, 3.05) is 0 Å². The van der Waals surface area contributed by atoms with E-state index in [1.807, 2.05) is 0 Å². The molecule has 0 spiro atoms. The van der Waals surface area contributed by atoms with E-state index in [0.29, 0.717) is 6.04 Å². The van der Waals surface area contributed by atoms with Crippen LogP contribution < -0.4 is 5.84 Å². The molecule has 1 aliphatic carbocycles. The molecule has 0 aromatic rings. The summed E-state index contributed by atoms with van der Waals surface area (Å²) in [5.74, 6) is 5.08. The van der Waals surface area contributed by atoms with E-state index < -0.39 is 0 Å². The van der Waals surface area contributed by atoms with Crippen LogP contribution in [0.2, 0.25) is 0 Å². The number of hydrogen-bond acceptors (Lipinski definition) is 2. The third-order valence-corrected chi connectivity index (χ3v) is 2.80. The van der Waals surface area contributed by atoms with Crippen molar-refractivity contribution in [2.24, 2.45) is 16.2 Å². The number of hydrogen-bond donors (Lipinski definition) is 1. The Morgan fingerprint density at radius 3 is 1.69 bits per heavy atom. The van der Waals surface area contributed by atoms with Gasteiger partial charge in [-0.05, 0) is 12.8 Å². The molecule has 0 bridgehead atoms. The Hall–Kier alpha value is -0.600. The standard InChI is InChI=1S/C10H21N3/c11-13-12-10-8-6-4-2-1-3-5-7-9-10/h10H,1-9H2,(H2,11,12). The zero-order valence-corrected chi connectivity index (χ0v) is 8.41. The van der Waals surface area contributed by atoms with E-state index in [1.54, 1.807) is 0 Å². The van der Waals surface area contributed by atoms with Crippen molar-refractivity contribution in [3.8, 4) is 0 Å². The lowest BCUT2D eigenvalue weighted by Crippen LogP contribution is -2.05. The van der Waals surface area contributed by atoms with E-state index in [-0.39, 0.29) is 0 Å². The van der Waals surface area contributed by atoms with Gasteiger partial charge in [-0.25, -0.2) is 0 Å². The highest BCUT2D eigenvalue weighted by Crippen LogP contribution is 2.18. The lowest BCUT2D eigenvalue weighted by atomic mass is 9.98. The van der Waals surface area contributed by atoms with Crippen LogP contribution >= 0.6 is 0 Å². The van der Waals surface area contributed by atoms with E-state index in [0.717, 1.165) is 0 Å². The zero-order valence-electron chi connectivity index (χ0n) is 8.41. The Bertz CT molecular complexity index is 135. The zero-order chi connectivity index (χ0) is 9.36. The maximum Gasteiger partial charge on any atom is 0.0729 e. The third-order valence-electron chi connectivity index (χ3n) is 2.80. The van der Waals surface area contributed by atoms with Crippen molar-refractivity contribution in [3.05, 3.63) is 0 Å². The van der Waals surface area contributed by atoms with Gasteiger partial charge in [-0.1, -0.05) is 50.2 Å². The molecule has 0 aliphatic heterocycles. The smallest absolute Gasteiger partial charge is 0.0729 e. The quantitative estimate of drug-likeness (QED) is 0.379. The molecule has 0 saturated heterocycles. The molecule has 0 aromatic carbocycles. The fourth-order valence-electron chi connectivity index (χ4n) is 2.00. The van der Waals surface area contributed by atoms with Gasteiger partial charge in [0.2, 0.25) is 0 Å². The molecule has 0 aromatic heterocycles. The van der Waals surface area contributed by atoms with Crippen molar-refractivity contribution in [1.82, 2.24) is 0 Å². The molecule has 0 amide bonds. The molecule has 0 radical (unpaired) electrons. The minimum absolute atomic E-state index is 0.406. The molecule has 0 unspecified atom stereocenters. The van der Waals surface area contributed by atoms with E-state index >= 15 is 0 Å². The molecule has 2 N–H and O–H groups in total. The fourth-order valence-corrected chi connectivity index (χ4v) is 2.00. The summed E-state index contributed by atoms with van der Waals surface area (Å²) in [5.41, 5.74) is 0. The largest absolute Gasteiger partial charge is 0.305 e. The van der Waals surface area contributed by atoms with E-state index in [2.05, 4.69) is 10.3 Å². The van der Waals surface area contributed by atoms with Crippen molar-refractivity contribution in [3.63, 3.8) is 0 Å². The van der Waals surface area contributed by atoms with Gasteiger partial charge >= 0.3 is 0 Å². The second-order valence-corrected chi connectivity index (χ2v) is 3.94. The lowest BCUT2D eigenvalue weighted by molar-refractivity contribution is 0.450. The average molecular weight is 183 g/mol. The Morgan fingerprint density at radius 1 is 0.769 bits per heavy atom. The summed E-state index contributed by atoms with van der Waals surface area (Å²) in [7, 11) is 0. The minimum atomic E-state index is 0.406. The first-order valence-electron chi connectivity index (χ1n) is 5.53. The first kappa shape index (κ1) is 10.5. The van der Waals surface area contributed by atoms with Gasteiger partial charge in [0.1, 0.15) is 0 Å². The Morgan fingerprint density at radius 2 is 1.23 bits per heavy atom. The van der Waals surface area contributed by atoms with Gasteiger partial charge in [-0.15, -0.1) is 0 Å². The molecular weight excluding hydrogens is 162 g/mol. The Labute approximate surface area is 80.8 Å². The molecule has 1 fully saturated rings. The molecule has 1 rings (SSSR count).